The number of benzene rings is 1. The topological polar surface area (TPSA) is 116 Å². The van der Waals surface area contributed by atoms with Crippen molar-refractivity contribution in [3.05, 3.63) is 59.2 Å². The van der Waals surface area contributed by atoms with Gasteiger partial charge in [-0.2, -0.15) is 5.10 Å². The molecular formula is C23H30N4O4S2. The number of hydrogen-bond donors (Lipinski definition) is 2. The smallest absolute Gasteiger partial charge is 0.421 e. The molecule has 0 spiro atoms. The summed E-state index contributed by atoms with van der Waals surface area (Å²) in [7, 11) is -4.12. The zero-order valence-corrected chi connectivity index (χ0v) is 20.7. The van der Waals surface area contributed by atoms with Crippen LogP contribution in [0.3, 0.4) is 0 Å². The number of nitrogens with two attached hydrogens (primary N) is 1. The van der Waals surface area contributed by atoms with E-state index in [1.54, 1.807) is 23.1 Å². The fraction of sp³-hybridized carbons (Fsp3) is 0.391. The van der Waals surface area contributed by atoms with Gasteiger partial charge in [0.1, 0.15) is 10.4 Å². The van der Waals surface area contributed by atoms with Gasteiger partial charge in [0, 0.05) is 22.8 Å². The lowest BCUT2D eigenvalue weighted by Gasteiger charge is -2.14. The second-order valence-electron chi connectivity index (χ2n) is 8.16. The zero-order chi connectivity index (χ0) is 24.0. The number of nitrogens with one attached hydrogen (secondary N) is 1. The number of thiophene rings is 1. The molecule has 0 bridgehead atoms. The van der Waals surface area contributed by atoms with Gasteiger partial charge < -0.3 is 10.5 Å². The van der Waals surface area contributed by atoms with Crippen molar-refractivity contribution < 1.29 is 17.9 Å². The van der Waals surface area contributed by atoms with Crippen molar-refractivity contribution in [1.82, 2.24) is 14.5 Å². The number of nitrogens with zero attached hydrogens (tertiary/aromatic N) is 2. The summed E-state index contributed by atoms with van der Waals surface area (Å²) in [6.45, 7) is 6.26. The Labute approximate surface area is 198 Å². The molecule has 1 atom stereocenters. The highest BCUT2D eigenvalue weighted by molar-refractivity contribution is 7.92. The van der Waals surface area contributed by atoms with E-state index in [2.05, 4.69) is 23.7 Å². The zero-order valence-electron chi connectivity index (χ0n) is 19.0. The normalized spacial score (nSPS) is 12.6. The molecule has 178 valence electrons. The monoisotopic (exact) mass is 490 g/mol. The molecule has 2 aromatic heterocycles. The summed E-state index contributed by atoms with van der Waals surface area (Å²) in [6, 6.07) is 11.0. The van der Waals surface area contributed by atoms with Gasteiger partial charge in [-0.05, 0) is 48.1 Å². The van der Waals surface area contributed by atoms with Crippen LogP contribution in [-0.2, 0) is 21.2 Å². The molecule has 8 nitrogen and oxygen atoms in total. The van der Waals surface area contributed by atoms with Crippen molar-refractivity contribution in [1.29, 1.82) is 0 Å². The maximum absolute atomic E-state index is 13.1. The van der Waals surface area contributed by atoms with Crippen LogP contribution in [-0.4, -0.2) is 30.9 Å². The number of carbonyl (C=O) groups is 1. The highest BCUT2D eigenvalue weighted by atomic mass is 32.2. The molecule has 0 saturated carbocycles. The standard InChI is InChI=1S/C23H30N4O4S2/c1-4-5-12-31-23(28)26-33(29,30)22-20(15-19(32-22)13-16(2)3)17-8-6-9-18(14-17)21(24)27-11-7-10-25-27/h6-11,14-16,21H,4-5,12-13,24H2,1-3H3,(H,26,28). The summed E-state index contributed by atoms with van der Waals surface area (Å²) in [5, 5.41) is 4.19. The molecule has 0 radical (unpaired) electrons. The summed E-state index contributed by atoms with van der Waals surface area (Å²) in [4.78, 5) is 13.0. The predicted molar refractivity (Wildman–Crippen MR) is 129 cm³/mol. The van der Waals surface area contributed by atoms with Crippen LogP contribution in [0, 0.1) is 5.92 Å². The van der Waals surface area contributed by atoms with Crippen LogP contribution in [0.5, 0.6) is 0 Å². The van der Waals surface area contributed by atoms with E-state index < -0.39 is 22.3 Å². The minimum absolute atomic E-state index is 0.0791. The Kier molecular flexibility index (Phi) is 8.28. The van der Waals surface area contributed by atoms with E-state index in [1.807, 2.05) is 37.3 Å². The molecule has 3 N–H and O–H groups in total. The molecule has 3 rings (SSSR count). The first-order chi connectivity index (χ1) is 15.7. The lowest BCUT2D eigenvalue weighted by atomic mass is 10.0. The largest absolute Gasteiger partial charge is 0.449 e. The second-order valence-corrected chi connectivity index (χ2v) is 11.2. The molecule has 0 aliphatic heterocycles. The van der Waals surface area contributed by atoms with Crippen molar-refractivity contribution in [3.63, 3.8) is 0 Å². The van der Waals surface area contributed by atoms with E-state index in [0.717, 1.165) is 34.6 Å². The molecule has 0 aliphatic rings. The van der Waals surface area contributed by atoms with Crippen LogP contribution in [0.15, 0.2) is 53.0 Å². The minimum Gasteiger partial charge on any atom is -0.449 e. The fourth-order valence-electron chi connectivity index (χ4n) is 3.31. The third-order valence-electron chi connectivity index (χ3n) is 4.90. The molecule has 33 heavy (non-hydrogen) atoms. The Hall–Kier alpha value is -2.69. The van der Waals surface area contributed by atoms with Crippen molar-refractivity contribution in [3.8, 4) is 11.1 Å². The van der Waals surface area contributed by atoms with E-state index in [9.17, 15) is 13.2 Å². The number of rotatable bonds is 10. The highest BCUT2D eigenvalue weighted by Crippen LogP contribution is 2.37. The maximum Gasteiger partial charge on any atom is 0.421 e. The van der Waals surface area contributed by atoms with E-state index >= 15 is 0 Å². The van der Waals surface area contributed by atoms with Gasteiger partial charge in [-0.3, -0.25) is 4.68 Å². The van der Waals surface area contributed by atoms with Crippen molar-refractivity contribution in [2.75, 3.05) is 6.61 Å². The third-order valence-corrected chi connectivity index (χ3v) is 7.90. The lowest BCUT2D eigenvalue weighted by Crippen LogP contribution is -2.31. The average Bonchev–Trinajstić information content (AvgIpc) is 3.43. The summed E-state index contributed by atoms with van der Waals surface area (Å²) in [5.74, 6) is 0.346. The van der Waals surface area contributed by atoms with Crippen LogP contribution < -0.4 is 10.5 Å². The van der Waals surface area contributed by atoms with Gasteiger partial charge in [0.05, 0.1) is 6.61 Å². The molecule has 3 aromatic rings. The van der Waals surface area contributed by atoms with Gasteiger partial charge in [0.15, 0.2) is 0 Å². The number of amides is 1. The van der Waals surface area contributed by atoms with Crippen LogP contribution in [0.4, 0.5) is 4.79 Å². The van der Waals surface area contributed by atoms with Crippen LogP contribution >= 0.6 is 11.3 Å². The van der Waals surface area contributed by atoms with Gasteiger partial charge >= 0.3 is 6.09 Å². The van der Waals surface area contributed by atoms with Crippen LogP contribution in [0.1, 0.15) is 50.2 Å². The lowest BCUT2D eigenvalue weighted by molar-refractivity contribution is 0.151. The Morgan fingerprint density at radius 2 is 2.06 bits per heavy atom. The van der Waals surface area contributed by atoms with Crippen molar-refractivity contribution >= 4 is 27.5 Å². The minimum atomic E-state index is -4.12. The van der Waals surface area contributed by atoms with E-state index in [1.165, 1.54) is 0 Å². The van der Waals surface area contributed by atoms with Crippen molar-refractivity contribution in [2.24, 2.45) is 11.7 Å². The van der Waals surface area contributed by atoms with Gasteiger partial charge in [-0.25, -0.2) is 17.9 Å². The number of carbonyl (C=O) groups excluding carboxylic acids is 1. The van der Waals surface area contributed by atoms with Gasteiger partial charge in [-0.1, -0.05) is 45.4 Å². The number of unbranched alkanes of at least 4 members (excludes halogenated alkanes) is 1. The number of ether oxygens (including phenoxy) is 1. The molecule has 0 saturated heterocycles. The van der Waals surface area contributed by atoms with Gasteiger partial charge in [0.25, 0.3) is 10.0 Å². The highest BCUT2D eigenvalue weighted by Gasteiger charge is 2.26. The first-order valence-electron chi connectivity index (χ1n) is 10.9. The molecule has 1 amide bonds. The number of aromatic nitrogens is 2. The predicted octanol–water partition coefficient (Wildman–Crippen LogP) is 4.53. The average molecular weight is 491 g/mol. The Morgan fingerprint density at radius 1 is 1.27 bits per heavy atom. The molecule has 1 aromatic carbocycles. The first kappa shape index (κ1) is 24.9. The maximum atomic E-state index is 13.1. The van der Waals surface area contributed by atoms with Crippen molar-refractivity contribution in [2.45, 2.75) is 50.4 Å². The number of hydrogen-bond acceptors (Lipinski definition) is 7. The van der Waals surface area contributed by atoms with E-state index in [-0.39, 0.29) is 10.8 Å². The molecule has 0 fully saturated rings. The fourth-order valence-corrected chi connectivity index (χ4v) is 6.15. The van der Waals surface area contributed by atoms with Crippen LogP contribution in [0.2, 0.25) is 0 Å². The van der Waals surface area contributed by atoms with Crippen LogP contribution in [0.25, 0.3) is 11.1 Å². The Morgan fingerprint density at radius 3 is 2.73 bits per heavy atom. The Bertz CT molecular complexity index is 1170. The summed E-state index contributed by atoms with van der Waals surface area (Å²) < 4.78 is 35.0. The third kappa shape index (κ3) is 6.43. The van der Waals surface area contributed by atoms with E-state index in [0.29, 0.717) is 23.5 Å². The summed E-state index contributed by atoms with van der Waals surface area (Å²) in [6.07, 6.45) is 4.16. The SMILES string of the molecule is CCCCOC(=O)NS(=O)(=O)c1sc(CC(C)C)cc1-c1cccc(C(N)n2cccn2)c1. The summed E-state index contributed by atoms with van der Waals surface area (Å²) in [5.41, 5.74) is 8.34. The molecule has 10 heteroatoms. The molecule has 2 heterocycles. The van der Waals surface area contributed by atoms with E-state index in [4.69, 9.17) is 10.5 Å². The van der Waals surface area contributed by atoms with Gasteiger partial charge in [0.2, 0.25) is 0 Å². The summed E-state index contributed by atoms with van der Waals surface area (Å²) >= 11 is 1.16. The first-order valence-corrected chi connectivity index (χ1v) is 13.2. The quantitative estimate of drug-likeness (QED) is 0.403. The van der Waals surface area contributed by atoms with Gasteiger partial charge in [-0.15, -0.1) is 11.3 Å². The molecular weight excluding hydrogens is 460 g/mol. The molecule has 1 unspecified atom stereocenters. The Balaban J connectivity index is 1.97. The molecule has 0 aliphatic carbocycles. The number of sulfonamides is 1. The second kappa shape index (κ2) is 11.0.